The van der Waals surface area contributed by atoms with Crippen molar-refractivity contribution in [3.8, 4) is 0 Å². The van der Waals surface area contributed by atoms with Crippen LogP contribution in [-0.4, -0.2) is 50.4 Å². The first-order chi connectivity index (χ1) is 12.9. The van der Waals surface area contributed by atoms with Crippen molar-refractivity contribution in [3.63, 3.8) is 0 Å². The fourth-order valence-corrected chi connectivity index (χ4v) is 4.61. The van der Waals surface area contributed by atoms with Crippen LogP contribution in [0.2, 0.25) is 0 Å². The molecule has 2 rings (SSSR count). The van der Waals surface area contributed by atoms with Crippen LogP contribution in [0.4, 0.5) is 0 Å². The summed E-state index contributed by atoms with van der Waals surface area (Å²) in [7, 11) is -3.78. The van der Waals surface area contributed by atoms with E-state index in [0.717, 1.165) is 12.8 Å². The van der Waals surface area contributed by atoms with E-state index >= 15 is 0 Å². The summed E-state index contributed by atoms with van der Waals surface area (Å²) in [5.74, 6) is -0.493. The summed E-state index contributed by atoms with van der Waals surface area (Å²) in [5, 5.41) is 0. The van der Waals surface area contributed by atoms with Gasteiger partial charge in [-0.1, -0.05) is 13.0 Å². The van der Waals surface area contributed by atoms with Crippen LogP contribution in [0, 0.1) is 12.8 Å². The van der Waals surface area contributed by atoms with E-state index in [0.29, 0.717) is 24.6 Å². The molecule has 1 aromatic carbocycles. The Morgan fingerprint density at radius 2 is 1.96 bits per heavy atom. The summed E-state index contributed by atoms with van der Waals surface area (Å²) >= 11 is 0. The van der Waals surface area contributed by atoms with E-state index in [4.69, 9.17) is 4.74 Å². The number of nitrogens with zero attached hydrogens (tertiary/aromatic N) is 1. The highest BCUT2D eigenvalue weighted by atomic mass is 32.2. The highest BCUT2D eigenvalue weighted by Crippen LogP contribution is 2.19. The van der Waals surface area contributed by atoms with Gasteiger partial charge in [-0.2, -0.15) is 0 Å². The summed E-state index contributed by atoms with van der Waals surface area (Å²) in [6, 6.07) is 4.29. The number of benzene rings is 1. The van der Waals surface area contributed by atoms with E-state index in [1.54, 1.807) is 38.7 Å². The summed E-state index contributed by atoms with van der Waals surface area (Å²) in [4.78, 5) is 26.5. The van der Waals surface area contributed by atoms with Gasteiger partial charge in [-0.05, 0) is 64.2 Å². The molecule has 0 aliphatic carbocycles. The van der Waals surface area contributed by atoms with Gasteiger partial charge in [-0.3, -0.25) is 4.79 Å². The Morgan fingerprint density at radius 1 is 1.29 bits per heavy atom. The Labute approximate surface area is 167 Å². The Kier molecular flexibility index (Phi) is 6.88. The lowest BCUT2D eigenvalue weighted by Crippen LogP contribution is -2.41. The van der Waals surface area contributed by atoms with Crippen LogP contribution in [0.3, 0.4) is 0 Å². The zero-order valence-electron chi connectivity index (χ0n) is 17.2. The lowest BCUT2D eigenvalue weighted by Gasteiger charge is -2.30. The van der Waals surface area contributed by atoms with Crippen LogP contribution in [0.15, 0.2) is 23.1 Å². The summed E-state index contributed by atoms with van der Waals surface area (Å²) in [6.07, 6.45) is 2.03. The monoisotopic (exact) mass is 410 g/mol. The van der Waals surface area contributed by atoms with Crippen LogP contribution in [0.5, 0.6) is 0 Å². The van der Waals surface area contributed by atoms with Crippen molar-refractivity contribution in [1.29, 1.82) is 0 Å². The maximum Gasteiger partial charge on any atom is 0.338 e. The lowest BCUT2D eigenvalue weighted by molar-refractivity contribution is -0.136. The molecule has 0 saturated carbocycles. The molecule has 1 aliphatic rings. The van der Waals surface area contributed by atoms with Crippen molar-refractivity contribution in [1.82, 2.24) is 9.62 Å². The van der Waals surface area contributed by atoms with Crippen LogP contribution < -0.4 is 4.72 Å². The molecule has 1 atom stereocenters. The molecule has 156 valence electrons. The normalized spacial score (nSPS) is 18.0. The van der Waals surface area contributed by atoms with E-state index in [9.17, 15) is 18.0 Å². The number of rotatable bonds is 5. The smallest absolute Gasteiger partial charge is 0.338 e. The molecule has 7 nitrogen and oxygen atoms in total. The summed E-state index contributed by atoms with van der Waals surface area (Å²) < 4.78 is 32.8. The number of hydrogen-bond acceptors (Lipinski definition) is 5. The Bertz CT molecular complexity index is 843. The number of piperidine rings is 1. The van der Waals surface area contributed by atoms with Crippen molar-refractivity contribution < 1.29 is 22.7 Å². The fraction of sp³-hybridized carbons (Fsp3) is 0.600. The molecule has 0 aromatic heterocycles. The molecule has 1 amide bonds. The lowest BCUT2D eigenvalue weighted by atomic mass is 10.0. The summed E-state index contributed by atoms with van der Waals surface area (Å²) in [5.41, 5.74) is 0.0675. The molecule has 1 fully saturated rings. The van der Waals surface area contributed by atoms with Crippen LogP contribution >= 0.6 is 0 Å². The molecule has 1 aromatic rings. The van der Waals surface area contributed by atoms with Crippen molar-refractivity contribution in [2.24, 2.45) is 5.92 Å². The third-order valence-corrected chi connectivity index (χ3v) is 6.27. The SMILES string of the molecule is Cc1ccc(S(=O)(=O)NC(C)(C)C)cc1C(=O)OCC(=O)N1CCCC(C)C1. The van der Waals surface area contributed by atoms with Crippen molar-refractivity contribution in [2.75, 3.05) is 19.7 Å². The molecule has 0 bridgehead atoms. The number of ether oxygens (including phenoxy) is 1. The van der Waals surface area contributed by atoms with Gasteiger partial charge < -0.3 is 9.64 Å². The maximum atomic E-state index is 12.5. The van der Waals surface area contributed by atoms with Gasteiger partial charge in [0.25, 0.3) is 5.91 Å². The number of carbonyl (C=O) groups excluding carboxylic acids is 2. The van der Waals surface area contributed by atoms with Gasteiger partial charge in [-0.15, -0.1) is 0 Å². The molecule has 1 aliphatic heterocycles. The highest BCUT2D eigenvalue weighted by molar-refractivity contribution is 7.89. The average molecular weight is 411 g/mol. The molecular weight excluding hydrogens is 380 g/mol. The van der Waals surface area contributed by atoms with Crippen molar-refractivity contribution in [2.45, 2.75) is 57.9 Å². The quantitative estimate of drug-likeness (QED) is 0.753. The van der Waals surface area contributed by atoms with Gasteiger partial charge in [-0.25, -0.2) is 17.9 Å². The number of aryl methyl sites for hydroxylation is 1. The number of esters is 1. The van der Waals surface area contributed by atoms with Gasteiger partial charge in [0.1, 0.15) is 0 Å². The highest BCUT2D eigenvalue weighted by Gasteiger charge is 2.25. The first kappa shape index (κ1) is 22.4. The summed E-state index contributed by atoms with van der Waals surface area (Å²) in [6.45, 7) is 9.99. The second-order valence-electron chi connectivity index (χ2n) is 8.50. The van der Waals surface area contributed by atoms with Gasteiger partial charge in [0, 0.05) is 18.6 Å². The van der Waals surface area contributed by atoms with E-state index in [2.05, 4.69) is 11.6 Å². The van der Waals surface area contributed by atoms with Crippen molar-refractivity contribution in [3.05, 3.63) is 29.3 Å². The third kappa shape index (κ3) is 6.04. The van der Waals surface area contributed by atoms with Gasteiger partial charge >= 0.3 is 5.97 Å². The zero-order valence-corrected chi connectivity index (χ0v) is 18.1. The number of hydrogen-bond donors (Lipinski definition) is 1. The second kappa shape index (κ2) is 8.61. The van der Waals surface area contributed by atoms with Gasteiger partial charge in [0.2, 0.25) is 10.0 Å². The van der Waals surface area contributed by atoms with E-state index in [1.807, 2.05) is 0 Å². The topological polar surface area (TPSA) is 92.8 Å². The Balaban J connectivity index is 2.10. The van der Waals surface area contributed by atoms with Crippen LogP contribution in [-0.2, 0) is 19.6 Å². The van der Waals surface area contributed by atoms with E-state index in [1.165, 1.54) is 12.1 Å². The van der Waals surface area contributed by atoms with Crippen molar-refractivity contribution >= 4 is 21.9 Å². The predicted molar refractivity (Wildman–Crippen MR) is 107 cm³/mol. The van der Waals surface area contributed by atoms with Crippen LogP contribution in [0.1, 0.15) is 56.5 Å². The van der Waals surface area contributed by atoms with Crippen LogP contribution in [0.25, 0.3) is 0 Å². The minimum atomic E-state index is -3.78. The Hall–Kier alpha value is -1.93. The molecule has 1 saturated heterocycles. The number of nitrogens with one attached hydrogen (secondary N) is 1. The molecule has 1 N–H and O–H groups in total. The number of amides is 1. The number of sulfonamides is 1. The minimum Gasteiger partial charge on any atom is -0.452 e. The molecule has 1 heterocycles. The molecule has 0 spiro atoms. The first-order valence-electron chi connectivity index (χ1n) is 9.48. The number of carbonyl (C=O) groups is 2. The third-order valence-electron chi connectivity index (χ3n) is 4.52. The minimum absolute atomic E-state index is 0.0174. The fourth-order valence-electron chi connectivity index (χ4n) is 3.16. The number of likely N-dealkylation sites (tertiary alicyclic amines) is 1. The molecule has 1 unspecified atom stereocenters. The zero-order chi connectivity index (χ0) is 21.1. The molecular formula is C20H30N2O5S. The first-order valence-corrected chi connectivity index (χ1v) is 11.0. The van der Waals surface area contributed by atoms with E-state index < -0.39 is 21.5 Å². The maximum absolute atomic E-state index is 12.5. The Morgan fingerprint density at radius 3 is 2.57 bits per heavy atom. The standard InChI is InChI=1S/C20H30N2O5S/c1-14-7-6-10-22(12-14)18(23)13-27-19(24)17-11-16(9-8-15(17)2)28(25,26)21-20(3,4)5/h8-9,11,14,21H,6-7,10,12-13H2,1-5H3. The van der Waals surface area contributed by atoms with Gasteiger partial charge in [0.15, 0.2) is 6.61 Å². The largest absolute Gasteiger partial charge is 0.452 e. The second-order valence-corrected chi connectivity index (χ2v) is 10.2. The van der Waals surface area contributed by atoms with Gasteiger partial charge in [0.05, 0.1) is 10.5 Å². The predicted octanol–water partition coefficient (Wildman–Crippen LogP) is 2.49. The molecule has 28 heavy (non-hydrogen) atoms. The molecule has 8 heteroatoms. The van der Waals surface area contributed by atoms with E-state index in [-0.39, 0.29) is 23.0 Å². The molecule has 0 radical (unpaired) electrons. The average Bonchev–Trinajstić information content (AvgIpc) is 2.57.